The molecule has 106 valence electrons. The summed E-state index contributed by atoms with van der Waals surface area (Å²) in [7, 11) is 2.18. The van der Waals surface area contributed by atoms with Gasteiger partial charge in [-0.3, -0.25) is 0 Å². The monoisotopic (exact) mass is 262 g/mol. The minimum Gasteiger partial charge on any atom is -0.493 e. The van der Waals surface area contributed by atoms with Gasteiger partial charge in [-0.15, -0.1) is 0 Å². The molecule has 3 heteroatoms. The summed E-state index contributed by atoms with van der Waals surface area (Å²) < 4.78 is 5.69. The Morgan fingerprint density at radius 3 is 2.95 bits per heavy atom. The van der Waals surface area contributed by atoms with E-state index in [0.717, 1.165) is 38.4 Å². The predicted molar refractivity (Wildman–Crippen MR) is 79.9 cm³/mol. The Hall–Kier alpha value is -1.06. The van der Waals surface area contributed by atoms with Crippen LogP contribution in [0.5, 0.6) is 5.75 Å². The first-order valence-electron chi connectivity index (χ1n) is 7.31. The van der Waals surface area contributed by atoms with Crippen LogP contribution in [-0.2, 0) is 0 Å². The summed E-state index contributed by atoms with van der Waals surface area (Å²) in [5.74, 6) is 1.66. The quantitative estimate of drug-likeness (QED) is 0.797. The highest BCUT2D eigenvalue weighted by Crippen LogP contribution is 2.32. The van der Waals surface area contributed by atoms with Crippen LogP contribution in [0.4, 0.5) is 0 Å². The Bertz CT molecular complexity index is 392. The van der Waals surface area contributed by atoms with E-state index in [1.807, 2.05) is 6.07 Å². The van der Waals surface area contributed by atoms with Crippen molar-refractivity contribution in [1.29, 1.82) is 0 Å². The summed E-state index contributed by atoms with van der Waals surface area (Å²) in [6.07, 6.45) is 1.12. The molecule has 0 spiro atoms. The summed E-state index contributed by atoms with van der Waals surface area (Å²) in [5, 5.41) is 3.58. The molecule has 1 atom stereocenters. The fraction of sp³-hybridized carbons (Fsp3) is 0.625. The van der Waals surface area contributed by atoms with Crippen LogP contribution < -0.4 is 10.1 Å². The van der Waals surface area contributed by atoms with E-state index < -0.39 is 0 Å². The Kier molecular flexibility index (Phi) is 5.23. The van der Waals surface area contributed by atoms with E-state index in [2.05, 4.69) is 49.3 Å². The fourth-order valence-corrected chi connectivity index (χ4v) is 2.42. The zero-order valence-corrected chi connectivity index (χ0v) is 12.4. The molecule has 2 rings (SSSR count). The maximum Gasteiger partial charge on any atom is 0.122 e. The number of hydrogen-bond donors (Lipinski definition) is 1. The van der Waals surface area contributed by atoms with Crippen molar-refractivity contribution in [1.82, 2.24) is 10.2 Å². The van der Waals surface area contributed by atoms with Crippen molar-refractivity contribution in [3.8, 4) is 5.75 Å². The third-order valence-corrected chi connectivity index (χ3v) is 4.00. The molecule has 3 nitrogen and oxygen atoms in total. The number of benzene rings is 1. The number of para-hydroxylation sites is 1. The summed E-state index contributed by atoms with van der Waals surface area (Å²) in [6, 6.07) is 9.04. The average Bonchev–Trinajstić information content (AvgIpc) is 2.43. The van der Waals surface area contributed by atoms with Crippen molar-refractivity contribution in [3.63, 3.8) is 0 Å². The Morgan fingerprint density at radius 2 is 2.16 bits per heavy atom. The lowest BCUT2D eigenvalue weighted by molar-refractivity contribution is 0.256. The van der Waals surface area contributed by atoms with Gasteiger partial charge in [-0.1, -0.05) is 18.2 Å². The van der Waals surface area contributed by atoms with Crippen LogP contribution in [-0.4, -0.2) is 44.2 Å². The molecule has 0 saturated heterocycles. The highest BCUT2D eigenvalue weighted by atomic mass is 16.5. The molecule has 0 radical (unpaired) electrons. The molecule has 1 N–H and O–H groups in total. The van der Waals surface area contributed by atoms with Crippen LogP contribution in [0.15, 0.2) is 24.3 Å². The van der Waals surface area contributed by atoms with E-state index in [9.17, 15) is 0 Å². The van der Waals surface area contributed by atoms with Gasteiger partial charge in [0.2, 0.25) is 0 Å². The van der Waals surface area contributed by atoms with Gasteiger partial charge in [0.05, 0.1) is 6.61 Å². The molecule has 1 aromatic rings. The van der Waals surface area contributed by atoms with Crippen molar-refractivity contribution in [2.24, 2.45) is 0 Å². The second-order valence-corrected chi connectivity index (χ2v) is 5.65. The van der Waals surface area contributed by atoms with Crippen molar-refractivity contribution in [2.45, 2.75) is 32.2 Å². The number of nitrogens with one attached hydrogen (secondary N) is 1. The SMILES string of the molecule is CC(C)N(C)CCNCC1CCOc2ccccc21. The molecule has 0 aliphatic carbocycles. The van der Waals surface area contributed by atoms with Gasteiger partial charge >= 0.3 is 0 Å². The summed E-state index contributed by atoms with van der Waals surface area (Å²) in [6.45, 7) is 8.50. The molecule has 0 amide bonds. The van der Waals surface area contributed by atoms with Gasteiger partial charge in [0.15, 0.2) is 0 Å². The summed E-state index contributed by atoms with van der Waals surface area (Å²) >= 11 is 0. The first-order chi connectivity index (χ1) is 9.18. The van der Waals surface area contributed by atoms with Crippen LogP contribution in [0.25, 0.3) is 0 Å². The van der Waals surface area contributed by atoms with Crippen LogP contribution in [0.3, 0.4) is 0 Å². The van der Waals surface area contributed by atoms with Crippen LogP contribution in [0, 0.1) is 0 Å². The molecule has 1 aliphatic rings. The van der Waals surface area contributed by atoms with Gasteiger partial charge in [-0.05, 0) is 38.9 Å². The van der Waals surface area contributed by atoms with Crippen LogP contribution in [0.1, 0.15) is 31.7 Å². The maximum atomic E-state index is 5.69. The van der Waals surface area contributed by atoms with E-state index in [1.165, 1.54) is 5.56 Å². The molecule has 1 heterocycles. The number of ether oxygens (including phenoxy) is 1. The lowest BCUT2D eigenvalue weighted by atomic mass is 9.93. The Labute approximate surface area is 116 Å². The maximum absolute atomic E-state index is 5.69. The molecule has 1 aliphatic heterocycles. The molecule has 0 bridgehead atoms. The summed E-state index contributed by atoms with van der Waals surface area (Å²) in [4.78, 5) is 2.37. The molecular weight excluding hydrogens is 236 g/mol. The first-order valence-corrected chi connectivity index (χ1v) is 7.31. The van der Waals surface area contributed by atoms with Gasteiger partial charge in [0.1, 0.15) is 5.75 Å². The number of hydrogen-bond acceptors (Lipinski definition) is 3. The zero-order valence-electron chi connectivity index (χ0n) is 12.4. The Morgan fingerprint density at radius 1 is 1.37 bits per heavy atom. The third-order valence-electron chi connectivity index (χ3n) is 4.00. The van der Waals surface area contributed by atoms with E-state index >= 15 is 0 Å². The molecular formula is C16H26N2O. The molecule has 0 fully saturated rings. The smallest absolute Gasteiger partial charge is 0.122 e. The standard InChI is InChI=1S/C16H26N2O/c1-13(2)18(3)10-9-17-12-14-8-11-19-16-7-5-4-6-15(14)16/h4-7,13-14,17H,8-12H2,1-3H3. The minimum absolute atomic E-state index is 0.592. The second kappa shape index (κ2) is 6.92. The van der Waals surface area contributed by atoms with Crippen LogP contribution in [0.2, 0.25) is 0 Å². The fourth-order valence-electron chi connectivity index (χ4n) is 2.42. The first kappa shape index (κ1) is 14.4. The number of nitrogens with zero attached hydrogens (tertiary/aromatic N) is 1. The molecule has 1 unspecified atom stereocenters. The highest BCUT2D eigenvalue weighted by Gasteiger charge is 2.20. The van der Waals surface area contributed by atoms with E-state index in [-0.39, 0.29) is 0 Å². The average molecular weight is 262 g/mol. The molecule has 0 saturated carbocycles. The molecule has 1 aromatic carbocycles. The molecule has 19 heavy (non-hydrogen) atoms. The normalized spacial score (nSPS) is 18.5. The highest BCUT2D eigenvalue weighted by molar-refractivity contribution is 5.37. The predicted octanol–water partition coefficient (Wildman–Crippen LogP) is 2.48. The van der Waals surface area contributed by atoms with E-state index in [0.29, 0.717) is 12.0 Å². The van der Waals surface area contributed by atoms with Crippen molar-refractivity contribution < 1.29 is 4.74 Å². The lowest BCUT2D eigenvalue weighted by Gasteiger charge is -2.27. The van der Waals surface area contributed by atoms with Crippen molar-refractivity contribution in [3.05, 3.63) is 29.8 Å². The topological polar surface area (TPSA) is 24.5 Å². The van der Waals surface area contributed by atoms with E-state index in [4.69, 9.17) is 4.74 Å². The minimum atomic E-state index is 0.592. The van der Waals surface area contributed by atoms with E-state index in [1.54, 1.807) is 0 Å². The van der Waals surface area contributed by atoms with Gasteiger partial charge in [-0.2, -0.15) is 0 Å². The molecule has 0 aromatic heterocycles. The number of rotatable bonds is 6. The van der Waals surface area contributed by atoms with Gasteiger partial charge in [-0.25, -0.2) is 0 Å². The third kappa shape index (κ3) is 3.95. The van der Waals surface area contributed by atoms with Gasteiger partial charge in [0, 0.05) is 31.6 Å². The number of fused-ring (bicyclic) bond motifs is 1. The van der Waals surface area contributed by atoms with Crippen molar-refractivity contribution in [2.75, 3.05) is 33.3 Å². The second-order valence-electron chi connectivity index (χ2n) is 5.65. The number of likely N-dealkylation sites (N-methyl/N-ethyl adjacent to an activating group) is 1. The van der Waals surface area contributed by atoms with Crippen molar-refractivity contribution >= 4 is 0 Å². The zero-order chi connectivity index (χ0) is 13.7. The largest absolute Gasteiger partial charge is 0.493 e. The van der Waals surface area contributed by atoms with Gasteiger partial charge in [0.25, 0.3) is 0 Å². The van der Waals surface area contributed by atoms with Gasteiger partial charge < -0.3 is 15.0 Å². The lowest BCUT2D eigenvalue weighted by Crippen LogP contribution is -2.35. The van der Waals surface area contributed by atoms with Crippen LogP contribution >= 0.6 is 0 Å². The summed E-state index contributed by atoms with van der Waals surface area (Å²) in [5.41, 5.74) is 1.36. The Balaban J connectivity index is 1.78.